The van der Waals surface area contributed by atoms with Gasteiger partial charge in [0.1, 0.15) is 17.5 Å². The van der Waals surface area contributed by atoms with Gasteiger partial charge in [0.15, 0.2) is 11.6 Å². The number of nitriles is 1. The second kappa shape index (κ2) is 4.67. The highest BCUT2D eigenvalue weighted by Gasteiger charge is 2.08. The fraction of sp³-hybridized carbons (Fsp3) is 0.0833. The van der Waals surface area contributed by atoms with E-state index in [1.165, 1.54) is 31.5 Å². The van der Waals surface area contributed by atoms with Crippen molar-refractivity contribution < 1.29 is 9.13 Å². The van der Waals surface area contributed by atoms with Crippen LogP contribution in [0.1, 0.15) is 5.56 Å². The predicted molar refractivity (Wildman–Crippen MR) is 61.5 cm³/mol. The van der Waals surface area contributed by atoms with Crippen LogP contribution in [0.15, 0.2) is 29.2 Å². The van der Waals surface area contributed by atoms with Gasteiger partial charge in [0, 0.05) is 5.56 Å². The first-order valence-electron chi connectivity index (χ1n) is 4.99. The number of ether oxygens (including phenoxy) is 1. The fourth-order valence-electron chi connectivity index (χ4n) is 1.43. The number of hydrogen-bond acceptors (Lipinski definition) is 4. The van der Waals surface area contributed by atoms with Gasteiger partial charge in [0.25, 0.3) is 5.56 Å². The summed E-state index contributed by atoms with van der Waals surface area (Å²) in [6, 6.07) is 5.81. The van der Waals surface area contributed by atoms with Crippen molar-refractivity contribution in [1.82, 2.24) is 9.97 Å². The van der Waals surface area contributed by atoms with E-state index >= 15 is 0 Å². The molecule has 0 unspecified atom stereocenters. The second-order valence-electron chi connectivity index (χ2n) is 3.44. The Balaban J connectivity index is 2.53. The van der Waals surface area contributed by atoms with E-state index in [2.05, 4.69) is 9.97 Å². The van der Waals surface area contributed by atoms with Crippen LogP contribution < -0.4 is 10.3 Å². The maximum absolute atomic E-state index is 13.2. The zero-order valence-electron chi connectivity index (χ0n) is 9.40. The van der Waals surface area contributed by atoms with Crippen LogP contribution in [0.5, 0.6) is 5.75 Å². The number of H-pyrrole nitrogens is 1. The summed E-state index contributed by atoms with van der Waals surface area (Å²) in [7, 11) is 1.34. The number of rotatable bonds is 2. The largest absolute Gasteiger partial charge is 0.494 e. The molecule has 0 aliphatic heterocycles. The summed E-state index contributed by atoms with van der Waals surface area (Å²) in [4.78, 5) is 17.8. The van der Waals surface area contributed by atoms with E-state index < -0.39 is 11.4 Å². The van der Waals surface area contributed by atoms with E-state index in [1.807, 2.05) is 0 Å². The highest BCUT2D eigenvalue weighted by atomic mass is 19.1. The molecule has 6 heteroatoms. The van der Waals surface area contributed by atoms with Crippen molar-refractivity contribution in [2.24, 2.45) is 0 Å². The molecule has 5 nitrogen and oxygen atoms in total. The number of methoxy groups -OCH3 is 1. The summed E-state index contributed by atoms with van der Waals surface area (Å²) < 4.78 is 18.1. The van der Waals surface area contributed by atoms with Crippen LogP contribution in [-0.4, -0.2) is 17.1 Å². The van der Waals surface area contributed by atoms with Gasteiger partial charge in [-0.15, -0.1) is 0 Å². The zero-order valence-corrected chi connectivity index (χ0v) is 9.40. The SMILES string of the molecule is COc1cc(-c2ncc(C#N)c(=O)[nH]2)ccc1F. The molecule has 0 saturated heterocycles. The molecule has 2 aromatic rings. The molecule has 0 atom stereocenters. The third kappa shape index (κ3) is 2.06. The number of nitrogens with one attached hydrogen (secondary N) is 1. The van der Waals surface area contributed by atoms with Crippen molar-refractivity contribution in [3.05, 3.63) is 46.1 Å². The lowest BCUT2D eigenvalue weighted by atomic mass is 10.2. The molecule has 0 fully saturated rings. The van der Waals surface area contributed by atoms with E-state index in [-0.39, 0.29) is 17.1 Å². The van der Waals surface area contributed by atoms with E-state index in [1.54, 1.807) is 6.07 Å². The third-order valence-corrected chi connectivity index (χ3v) is 2.34. The van der Waals surface area contributed by atoms with Gasteiger partial charge in [0.05, 0.1) is 13.3 Å². The van der Waals surface area contributed by atoms with Gasteiger partial charge in [-0.05, 0) is 18.2 Å². The van der Waals surface area contributed by atoms with E-state index in [0.29, 0.717) is 5.56 Å². The number of halogens is 1. The van der Waals surface area contributed by atoms with Crippen LogP contribution in [0.4, 0.5) is 4.39 Å². The number of nitrogens with zero attached hydrogens (tertiary/aromatic N) is 2. The Morgan fingerprint density at radius 2 is 2.28 bits per heavy atom. The second-order valence-corrected chi connectivity index (χ2v) is 3.44. The number of aromatic nitrogens is 2. The molecule has 0 radical (unpaired) electrons. The van der Waals surface area contributed by atoms with Gasteiger partial charge in [-0.25, -0.2) is 9.37 Å². The summed E-state index contributed by atoms with van der Waals surface area (Å²) in [5.74, 6) is -0.200. The average Bonchev–Trinajstić information content (AvgIpc) is 2.39. The average molecular weight is 245 g/mol. The maximum atomic E-state index is 13.2. The van der Waals surface area contributed by atoms with Crippen molar-refractivity contribution in [1.29, 1.82) is 5.26 Å². The lowest BCUT2D eigenvalue weighted by molar-refractivity contribution is 0.387. The van der Waals surface area contributed by atoms with E-state index in [4.69, 9.17) is 10.00 Å². The standard InChI is InChI=1S/C12H8FN3O2/c1-18-10-4-7(2-3-9(10)13)11-15-6-8(5-14)12(17)16-11/h2-4,6H,1H3,(H,15,16,17). The molecule has 2 rings (SSSR count). The van der Waals surface area contributed by atoms with Crippen LogP contribution in [0.2, 0.25) is 0 Å². The molecule has 0 amide bonds. The molecular formula is C12H8FN3O2. The molecular weight excluding hydrogens is 237 g/mol. The highest BCUT2D eigenvalue weighted by Crippen LogP contribution is 2.23. The Hall–Kier alpha value is -2.68. The van der Waals surface area contributed by atoms with Crippen LogP contribution in [0.3, 0.4) is 0 Å². The lowest BCUT2D eigenvalue weighted by Gasteiger charge is -2.05. The molecule has 1 aromatic carbocycles. The Bertz CT molecular complexity index is 688. The maximum Gasteiger partial charge on any atom is 0.269 e. The monoisotopic (exact) mass is 245 g/mol. The van der Waals surface area contributed by atoms with Crippen LogP contribution in [-0.2, 0) is 0 Å². The first-order chi connectivity index (χ1) is 8.65. The van der Waals surface area contributed by atoms with Gasteiger partial charge < -0.3 is 9.72 Å². The molecule has 90 valence electrons. The molecule has 1 N–H and O–H groups in total. The van der Waals surface area contributed by atoms with Gasteiger partial charge in [-0.3, -0.25) is 4.79 Å². The number of aromatic amines is 1. The first-order valence-corrected chi connectivity index (χ1v) is 4.99. The summed E-state index contributed by atoms with van der Waals surface area (Å²) in [6.45, 7) is 0. The van der Waals surface area contributed by atoms with Gasteiger partial charge >= 0.3 is 0 Å². The van der Waals surface area contributed by atoms with Gasteiger partial charge in [0.2, 0.25) is 0 Å². The van der Waals surface area contributed by atoms with E-state index in [0.717, 1.165) is 0 Å². The van der Waals surface area contributed by atoms with Crippen molar-refractivity contribution in [3.8, 4) is 23.2 Å². The van der Waals surface area contributed by atoms with Gasteiger partial charge in [-0.2, -0.15) is 5.26 Å². The molecule has 18 heavy (non-hydrogen) atoms. The molecule has 0 saturated carbocycles. The molecule has 0 bridgehead atoms. The Morgan fingerprint density at radius 3 is 2.89 bits per heavy atom. The highest BCUT2D eigenvalue weighted by molar-refractivity contribution is 5.57. The topological polar surface area (TPSA) is 78.8 Å². The molecule has 0 spiro atoms. The smallest absolute Gasteiger partial charge is 0.269 e. The quantitative estimate of drug-likeness (QED) is 0.868. The van der Waals surface area contributed by atoms with Crippen LogP contribution >= 0.6 is 0 Å². The molecule has 1 aromatic heterocycles. The minimum Gasteiger partial charge on any atom is -0.494 e. The normalized spacial score (nSPS) is 9.83. The minimum absolute atomic E-state index is 0.0551. The molecule has 0 aliphatic carbocycles. The summed E-state index contributed by atoms with van der Waals surface area (Å²) in [5, 5.41) is 8.62. The lowest BCUT2D eigenvalue weighted by Crippen LogP contribution is -2.12. The van der Waals surface area contributed by atoms with Crippen molar-refractivity contribution in [3.63, 3.8) is 0 Å². The Kier molecular flexibility index (Phi) is 3.06. The van der Waals surface area contributed by atoms with Crippen molar-refractivity contribution in [2.75, 3.05) is 7.11 Å². The number of hydrogen-bond donors (Lipinski definition) is 1. The Morgan fingerprint density at radius 1 is 1.50 bits per heavy atom. The molecule has 0 aliphatic rings. The third-order valence-electron chi connectivity index (χ3n) is 2.34. The first kappa shape index (κ1) is 11.8. The fourth-order valence-corrected chi connectivity index (χ4v) is 1.43. The van der Waals surface area contributed by atoms with Crippen LogP contribution in [0.25, 0.3) is 11.4 Å². The summed E-state index contributed by atoms with van der Waals surface area (Å²) in [6.07, 6.45) is 1.17. The summed E-state index contributed by atoms with van der Waals surface area (Å²) in [5.41, 5.74) is -0.117. The number of benzene rings is 1. The molecule has 1 heterocycles. The van der Waals surface area contributed by atoms with Gasteiger partial charge in [-0.1, -0.05) is 0 Å². The summed E-state index contributed by atoms with van der Waals surface area (Å²) >= 11 is 0. The van der Waals surface area contributed by atoms with Crippen LogP contribution in [0, 0.1) is 17.1 Å². The zero-order chi connectivity index (χ0) is 13.1. The Labute approximate surface area is 101 Å². The van der Waals surface area contributed by atoms with Crippen molar-refractivity contribution >= 4 is 0 Å². The van der Waals surface area contributed by atoms with E-state index in [9.17, 15) is 9.18 Å². The van der Waals surface area contributed by atoms with Crippen molar-refractivity contribution in [2.45, 2.75) is 0 Å². The predicted octanol–water partition coefficient (Wildman–Crippen LogP) is 1.46. The minimum atomic E-state index is -0.536.